The number of esters is 1. The number of carbonyl (C=O) groups is 1. The summed E-state index contributed by atoms with van der Waals surface area (Å²) in [4.78, 5) is 15.8. The van der Waals surface area contributed by atoms with Crippen LogP contribution in [0.4, 0.5) is 0 Å². The first-order valence-electron chi connectivity index (χ1n) is 5.54. The van der Waals surface area contributed by atoms with Crippen LogP contribution in [-0.4, -0.2) is 62.1 Å². The van der Waals surface area contributed by atoms with Crippen LogP contribution in [0.2, 0.25) is 0 Å². The molecule has 0 aromatic rings. The largest absolute Gasteiger partial charge is 0.468 e. The maximum absolute atomic E-state index is 11.4. The van der Waals surface area contributed by atoms with Crippen LogP contribution in [0.5, 0.6) is 0 Å². The fourth-order valence-corrected chi connectivity index (χ4v) is 1.93. The van der Waals surface area contributed by atoms with E-state index >= 15 is 0 Å². The van der Waals surface area contributed by atoms with E-state index < -0.39 is 0 Å². The van der Waals surface area contributed by atoms with Crippen molar-refractivity contribution in [1.29, 1.82) is 0 Å². The number of hydrogen-bond donors (Lipinski definition) is 0. The van der Waals surface area contributed by atoms with Gasteiger partial charge in [-0.3, -0.25) is 9.69 Å². The van der Waals surface area contributed by atoms with Crippen molar-refractivity contribution in [2.24, 2.45) is 0 Å². The predicted molar refractivity (Wildman–Crippen MR) is 59.8 cm³/mol. The molecule has 0 saturated carbocycles. The minimum atomic E-state index is -0.0852. The van der Waals surface area contributed by atoms with Gasteiger partial charge in [-0.2, -0.15) is 0 Å². The van der Waals surface area contributed by atoms with Crippen molar-refractivity contribution < 1.29 is 9.53 Å². The Morgan fingerprint density at radius 3 is 2.67 bits per heavy atom. The highest BCUT2D eigenvalue weighted by molar-refractivity contribution is 5.76. The Balaban J connectivity index is 2.33. The molecule has 0 amide bonds. The Hall–Kier alpha value is -0.610. The highest BCUT2D eigenvalue weighted by Gasteiger charge is 2.37. The van der Waals surface area contributed by atoms with E-state index in [0.29, 0.717) is 6.04 Å². The molecule has 1 saturated heterocycles. The molecule has 1 rings (SSSR count). The van der Waals surface area contributed by atoms with Crippen LogP contribution >= 0.6 is 0 Å². The second kappa shape index (κ2) is 5.47. The summed E-state index contributed by atoms with van der Waals surface area (Å²) in [6, 6.07) is 0.470. The fraction of sp³-hybridized carbons (Fsp3) is 0.909. The first kappa shape index (κ1) is 12.5. The molecule has 1 aliphatic rings. The van der Waals surface area contributed by atoms with E-state index in [1.807, 2.05) is 0 Å². The monoisotopic (exact) mass is 214 g/mol. The molecular weight excluding hydrogens is 192 g/mol. The average Bonchev–Trinajstić information content (AvgIpc) is 2.12. The van der Waals surface area contributed by atoms with Crippen LogP contribution in [0, 0.1) is 0 Å². The number of hydrogen-bond acceptors (Lipinski definition) is 4. The molecule has 4 heteroatoms. The van der Waals surface area contributed by atoms with Gasteiger partial charge in [0.25, 0.3) is 0 Å². The van der Waals surface area contributed by atoms with E-state index in [2.05, 4.69) is 30.8 Å². The van der Waals surface area contributed by atoms with E-state index in [-0.39, 0.29) is 12.0 Å². The smallest absolute Gasteiger partial charge is 0.323 e. The van der Waals surface area contributed by atoms with Crippen LogP contribution < -0.4 is 0 Å². The normalized spacial score (nSPS) is 23.7. The van der Waals surface area contributed by atoms with Gasteiger partial charge in [-0.25, -0.2) is 0 Å². The Morgan fingerprint density at radius 2 is 2.27 bits per heavy atom. The number of ether oxygens (including phenoxy) is 1. The maximum Gasteiger partial charge on any atom is 0.323 e. The first-order chi connectivity index (χ1) is 7.06. The summed E-state index contributed by atoms with van der Waals surface area (Å²) in [5.41, 5.74) is 0. The van der Waals surface area contributed by atoms with Crippen LogP contribution in [0.1, 0.15) is 19.8 Å². The summed E-state index contributed by atoms with van der Waals surface area (Å²) in [5, 5.41) is 0. The van der Waals surface area contributed by atoms with Crippen LogP contribution in [-0.2, 0) is 9.53 Å². The van der Waals surface area contributed by atoms with Gasteiger partial charge in [0.1, 0.15) is 6.04 Å². The molecule has 1 aliphatic heterocycles. The van der Waals surface area contributed by atoms with Gasteiger partial charge in [0.2, 0.25) is 0 Å². The average molecular weight is 214 g/mol. The standard InChI is InChI=1S/C11H22N2O2/c1-9(5-7-12(2)3)13-8-6-10(13)11(14)15-4/h9-10H,5-8H2,1-4H3. The van der Waals surface area contributed by atoms with Gasteiger partial charge < -0.3 is 9.64 Å². The second-order valence-electron chi connectivity index (χ2n) is 4.51. The molecule has 1 fully saturated rings. The fourth-order valence-electron chi connectivity index (χ4n) is 1.93. The summed E-state index contributed by atoms with van der Waals surface area (Å²) in [6.45, 7) is 4.26. The van der Waals surface area contributed by atoms with Gasteiger partial charge in [0.15, 0.2) is 0 Å². The lowest BCUT2D eigenvalue weighted by molar-refractivity contribution is -0.153. The molecular formula is C11H22N2O2. The summed E-state index contributed by atoms with van der Waals surface area (Å²) in [6.07, 6.45) is 2.04. The number of rotatable bonds is 5. The predicted octanol–water partition coefficient (Wildman–Crippen LogP) is 0.574. The number of nitrogens with zero attached hydrogens (tertiary/aromatic N) is 2. The molecule has 15 heavy (non-hydrogen) atoms. The third-order valence-electron chi connectivity index (χ3n) is 3.09. The van der Waals surface area contributed by atoms with Crippen LogP contribution in [0.3, 0.4) is 0 Å². The van der Waals surface area contributed by atoms with Gasteiger partial charge in [-0.15, -0.1) is 0 Å². The molecule has 1 heterocycles. The third kappa shape index (κ3) is 3.18. The molecule has 0 aromatic heterocycles. The molecule has 0 radical (unpaired) electrons. The van der Waals surface area contributed by atoms with Crippen molar-refractivity contribution >= 4 is 5.97 Å². The summed E-state index contributed by atoms with van der Waals surface area (Å²) in [5.74, 6) is -0.0852. The molecule has 0 bridgehead atoms. The molecule has 0 N–H and O–H groups in total. The lowest BCUT2D eigenvalue weighted by atomic mass is 9.99. The summed E-state index contributed by atoms with van der Waals surface area (Å²) < 4.78 is 4.77. The number of methoxy groups -OCH3 is 1. The van der Waals surface area contributed by atoms with E-state index in [9.17, 15) is 4.79 Å². The Labute approximate surface area is 92.2 Å². The van der Waals surface area contributed by atoms with E-state index in [1.165, 1.54) is 7.11 Å². The van der Waals surface area contributed by atoms with Gasteiger partial charge >= 0.3 is 5.97 Å². The van der Waals surface area contributed by atoms with Crippen molar-refractivity contribution in [3.8, 4) is 0 Å². The second-order valence-corrected chi connectivity index (χ2v) is 4.51. The zero-order valence-corrected chi connectivity index (χ0v) is 10.2. The Morgan fingerprint density at radius 1 is 1.60 bits per heavy atom. The quantitative estimate of drug-likeness (QED) is 0.627. The van der Waals surface area contributed by atoms with E-state index in [1.54, 1.807) is 0 Å². The van der Waals surface area contributed by atoms with Crippen molar-refractivity contribution in [2.75, 3.05) is 34.3 Å². The molecule has 88 valence electrons. The molecule has 4 nitrogen and oxygen atoms in total. The summed E-state index contributed by atoms with van der Waals surface area (Å²) >= 11 is 0. The van der Waals surface area contributed by atoms with Crippen molar-refractivity contribution in [2.45, 2.75) is 31.8 Å². The van der Waals surface area contributed by atoms with Crippen LogP contribution in [0.25, 0.3) is 0 Å². The molecule has 0 aliphatic carbocycles. The molecule has 2 unspecified atom stereocenters. The Kier molecular flexibility index (Phi) is 4.54. The summed E-state index contributed by atoms with van der Waals surface area (Å²) in [7, 11) is 5.60. The number of carbonyl (C=O) groups excluding carboxylic acids is 1. The molecule has 0 aromatic carbocycles. The van der Waals surface area contributed by atoms with Gasteiger partial charge in [-0.05, 0) is 40.4 Å². The van der Waals surface area contributed by atoms with Gasteiger partial charge in [0, 0.05) is 12.6 Å². The maximum atomic E-state index is 11.4. The Bertz CT molecular complexity index is 219. The van der Waals surface area contributed by atoms with Crippen molar-refractivity contribution in [1.82, 2.24) is 9.80 Å². The topological polar surface area (TPSA) is 32.8 Å². The lowest BCUT2D eigenvalue weighted by Crippen LogP contribution is -2.56. The van der Waals surface area contributed by atoms with Crippen molar-refractivity contribution in [3.05, 3.63) is 0 Å². The molecule has 2 atom stereocenters. The number of likely N-dealkylation sites (tertiary alicyclic amines) is 1. The minimum absolute atomic E-state index is 0.00663. The SMILES string of the molecule is COC(=O)C1CCN1C(C)CCN(C)C. The van der Waals surface area contributed by atoms with E-state index in [4.69, 9.17) is 4.74 Å². The van der Waals surface area contributed by atoms with Gasteiger partial charge in [-0.1, -0.05) is 0 Å². The molecule has 0 spiro atoms. The van der Waals surface area contributed by atoms with Crippen LogP contribution in [0.15, 0.2) is 0 Å². The first-order valence-corrected chi connectivity index (χ1v) is 5.54. The zero-order valence-electron chi connectivity index (χ0n) is 10.2. The van der Waals surface area contributed by atoms with Gasteiger partial charge in [0.05, 0.1) is 7.11 Å². The highest BCUT2D eigenvalue weighted by Crippen LogP contribution is 2.23. The minimum Gasteiger partial charge on any atom is -0.468 e. The zero-order chi connectivity index (χ0) is 11.4. The third-order valence-corrected chi connectivity index (χ3v) is 3.09. The highest BCUT2D eigenvalue weighted by atomic mass is 16.5. The van der Waals surface area contributed by atoms with Crippen molar-refractivity contribution in [3.63, 3.8) is 0 Å². The van der Waals surface area contributed by atoms with E-state index in [0.717, 1.165) is 25.9 Å². The lowest BCUT2D eigenvalue weighted by Gasteiger charge is -2.43.